The van der Waals surface area contributed by atoms with Gasteiger partial charge in [-0.2, -0.15) is 0 Å². The van der Waals surface area contributed by atoms with Gasteiger partial charge in [-0.3, -0.25) is 4.90 Å². The van der Waals surface area contributed by atoms with Crippen LogP contribution in [0.2, 0.25) is 0 Å². The predicted octanol–water partition coefficient (Wildman–Crippen LogP) is -0.899. The first-order chi connectivity index (χ1) is 9.19. The SMILES string of the molecule is NC(N)=Nc1ccc(N2CCN(CCO)CC2)nc1. The monoisotopic (exact) mass is 264 g/mol. The van der Waals surface area contributed by atoms with Crippen LogP contribution in [0.4, 0.5) is 11.5 Å². The molecule has 7 nitrogen and oxygen atoms in total. The normalized spacial score (nSPS) is 16.4. The molecule has 19 heavy (non-hydrogen) atoms. The molecule has 0 spiro atoms. The average Bonchev–Trinajstić information content (AvgIpc) is 2.40. The molecule has 104 valence electrons. The molecule has 0 unspecified atom stereocenters. The summed E-state index contributed by atoms with van der Waals surface area (Å²) >= 11 is 0. The number of nitrogens with two attached hydrogens (primary N) is 2. The van der Waals surface area contributed by atoms with Gasteiger partial charge >= 0.3 is 0 Å². The summed E-state index contributed by atoms with van der Waals surface area (Å²) in [5.74, 6) is 0.963. The van der Waals surface area contributed by atoms with E-state index < -0.39 is 0 Å². The van der Waals surface area contributed by atoms with E-state index in [1.54, 1.807) is 6.20 Å². The summed E-state index contributed by atoms with van der Waals surface area (Å²) in [7, 11) is 0. The molecule has 1 aromatic rings. The molecule has 1 fully saturated rings. The summed E-state index contributed by atoms with van der Waals surface area (Å²) in [6, 6.07) is 3.77. The van der Waals surface area contributed by atoms with Crippen molar-refractivity contribution in [3.8, 4) is 0 Å². The molecule has 5 N–H and O–H groups in total. The number of aliphatic imine (C=N–C) groups is 1. The van der Waals surface area contributed by atoms with Crippen molar-refractivity contribution in [2.24, 2.45) is 16.5 Å². The predicted molar refractivity (Wildman–Crippen MR) is 75.4 cm³/mol. The summed E-state index contributed by atoms with van der Waals surface area (Å²) in [4.78, 5) is 12.8. The Morgan fingerprint density at radius 2 is 2.00 bits per heavy atom. The van der Waals surface area contributed by atoms with Crippen molar-refractivity contribution in [1.82, 2.24) is 9.88 Å². The van der Waals surface area contributed by atoms with Crippen LogP contribution in [0.5, 0.6) is 0 Å². The van der Waals surface area contributed by atoms with Crippen molar-refractivity contribution in [3.05, 3.63) is 18.3 Å². The van der Waals surface area contributed by atoms with E-state index in [0.29, 0.717) is 5.69 Å². The lowest BCUT2D eigenvalue weighted by Gasteiger charge is -2.35. The topological polar surface area (TPSA) is 104 Å². The first kappa shape index (κ1) is 13.6. The minimum Gasteiger partial charge on any atom is -0.395 e. The molecule has 1 aliphatic heterocycles. The van der Waals surface area contributed by atoms with E-state index in [2.05, 4.69) is 19.8 Å². The summed E-state index contributed by atoms with van der Waals surface area (Å²) in [5, 5.41) is 8.90. The molecular weight excluding hydrogens is 244 g/mol. The minimum absolute atomic E-state index is 0.0344. The maximum Gasteiger partial charge on any atom is 0.191 e. The fraction of sp³-hybridized carbons (Fsp3) is 0.500. The van der Waals surface area contributed by atoms with Gasteiger partial charge in [0.15, 0.2) is 5.96 Å². The van der Waals surface area contributed by atoms with Crippen LogP contribution in [-0.2, 0) is 0 Å². The van der Waals surface area contributed by atoms with Crippen LogP contribution >= 0.6 is 0 Å². The molecule has 0 aliphatic carbocycles. The summed E-state index contributed by atoms with van der Waals surface area (Å²) in [6.07, 6.45) is 1.66. The molecule has 0 radical (unpaired) electrons. The fourth-order valence-electron chi connectivity index (χ4n) is 2.12. The van der Waals surface area contributed by atoms with Crippen LogP contribution in [0, 0.1) is 0 Å². The largest absolute Gasteiger partial charge is 0.395 e. The third-order valence-corrected chi connectivity index (χ3v) is 3.10. The molecule has 1 aliphatic rings. The lowest BCUT2D eigenvalue weighted by molar-refractivity contribution is 0.188. The molecule has 0 atom stereocenters. The van der Waals surface area contributed by atoms with Crippen LogP contribution in [0.15, 0.2) is 23.3 Å². The number of hydrogen-bond acceptors (Lipinski definition) is 5. The first-order valence-electron chi connectivity index (χ1n) is 6.33. The number of aromatic nitrogens is 1. The highest BCUT2D eigenvalue weighted by Crippen LogP contribution is 2.17. The van der Waals surface area contributed by atoms with Gasteiger partial charge in [0.1, 0.15) is 5.82 Å². The van der Waals surface area contributed by atoms with E-state index in [0.717, 1.165) is 38.5 Å². The molecule has 0 amide bonds. The zero-order valence-electron chi connectivity index (χ0n) is 10.9. The maximum atomic E-state index is 8.90. The second-order valence-electron chi connectivity index (χ2n) is 4.46. The van der Waals surface area contributed by atoms with Crippen molar-refractivity contribution >= 4 is 17.5 Å². The second kappa shape index (κ2) is 6.35. The van der Waals surface area contributed by atoms with Gasteiger partial charge in [0.25, 0.3) is 0 Å². The zero-order valence-corrected chi connectivity index (χ0v) is 10.9. The van der Waals surface area contributed by atoms with Gasteiger partial charge in [-0.05, 0) is 12.1 Å². The van der Waals surface area contributed by atoms with E-state index >= 15 is 0 Å². The van der Waals surface area contributed by atoms with Crippen LogP contribution in [0.3, 0.4) is 0 Å². The minimum atomic E-state index is 0.0344. The Morgan fingerprint density at radius 3 is 2.53 bits per heavy atom. The average molecular weight is 264 g/mol. The third kappa shape index (κ3) is 3.80. The van der Waals surface area contributed by atoms with Gasteiger partial charge in [-0.1, -0.05) is 0 Å². The van der Waals surface area contributed by atoms with Crippen molar-refractivity contribution < 1.29 is 5.11 Å². The Bertz CT molecular complexity index is 420. The quantitative estimate of drug-likeness (QED) is 0.481. The summed E-state index contributed by atoms with van der Waals surface area (Å²) < 4.78 is 0. The van der Waals surface area contributed by atoms with Gasteiger partial charge in [0, 0.05) is 32.7 Å². The zero-order chi connectivity index (χ0) is 13.7. The van der Waals surface area contributed by atoms with Gasteiger partial charge in [-0.15, -0.1) is 0 Å². The van der Waals surface area contributed by atoms with Crippen molar-refractivity contribution in [2.75, 3.05) is 44.2 Å². The molecule has 0 aromatic carbocycles. The summed E-state index contributed by atoms with van der Waals surface area (Å²) in [5.41, 5.74) is 11.3. The molecule has 7 heteroatoms. The number of piperazine rings is 1. The Hall–Kier alpha value is -1.86. The Balaban J connectivity index is 1.94. The fourth-order valence-corrected chi connectivity index (χ4v) is 2.12. The molecule has 0 bridgehead atoms. The Morgan fingerprint density at radius 1 is 1.26 bits per heavy atom. The molecule has 1 saturated heterocycles. The molecule has 1 aromatic heterocycles. The number of rotatable bonds is 4. The highest BCUT2D eigenvalue weighted by molar-refractivity contribution is 5.78. The molecule has 2 heterocycles. The maximum absolute atomic E-state index is 8.90. The molecule has 2 rings (SSSR count). The van der Waals surface area contributed by atoms with Crippen molar-refractivity contribution in [3.63, 3.8) is 0 Å². The number of hydrogen-bond donors (Lipinski definition) is 3. The van der Waals surface area contributed by atoms with Crippen LogP contribution in [-0.4, -0.2) is 60.3 Å². The van der Waals surface area contributed by atoms with E-state index in [1.165, 1.54) is 0 Å². The molecule has 0 saturated carbocycles. The van der Waals surface area contributed by atoms with Gasteiger partial charge in [0.2, 0.25) is 0 Å². The first-order valence-corrected chi connectivity index (χ1v) is 6.33. The van der Waals surface area contributed by atoms with E-state index in [9.17, 15) is 0 Å². The number of aliphatic hydroxyl groups is 1. The van der Waals surface area contributed by atoms with Crippen molar-refractivity contribution in [2.45, 2.75) is 0 Å². The van der Waals surface area contributed by atoms with Crippen LogP contribution in [0.25, 0.3) is 0 Å². The highest BCUT2D eigenvalue weighted by Gasteiger charge is 2.17. The number of aliphatic hydroxyl groups excluding tert-OH is 1. The Labute approximate surface area is 112 Å². The number of nitrogens with zero attached hydrogens (tertiary/aromatic N) is 4. The number of β-amino-alcohol motifs (C(OH)–C–C–N with tert-alkyl or cyclic N) is 1. The van der Waals surface area contributed by atoms with Gasteiger partial charge in [-0.25, -0.2) is 9.98 Å². The Kier molecular flexibility index (Phi) is 4.53. The third-order valence-electron chi connectivity index (χ3n) is 3.10. The number of guanidine groups is 1. The molecular formula is C12H20N6O. The smallest absolute Gasteiger partial charge is 0.191 e. The standard InChI is InChI=1S/C12H20N6O/c13-12(14)16-10-1-2-11(15-9-10)18-5-3-17(4-6-18)7-8-19/h1-2,9,19H,3-8H2,(H4,13,14,16). The lowest BCUT2D eigenvalue weighted by Crippen LogP contribution is -2.47. The van der Waals surface area contributed by atoms with Gasteiger partial charge in [0.05, 0.1) is 18.5 Å². The number of pyridine rings is 1. The van der Waals surface area contributed by atoms with Crippen LogP contribution in [0.1, 0.15) is 0 Å². The van der Waals surface area contributed by atoms with E-state index in [4.69, 9.17) is 16.6 Å². The number of anilines is 1. The lowest BCUT2D eigenvalue weighted by atomic mass is 10.3. The highest BCUT2D eigenvalue weighted by atomic mass is 16.3. The van der Waals surface area contributed by atoms with Gasteiger partial charge < -0.3 is 21.5 Å². The second-order valence-corrected chi connectivity index (χ2v) is 4.46. The van der Waals surface area contributed by atoms with Crippen LogP contribution < -0.4 is 16.4 Å². The van der Waals surface area contributed by atoms with Crippen molar-refractivity contribution in [1.29, 1.82) is 0 Å². The van der Waals surface area contributed by atoms with E-state index in [1.807, 2.05) is 12.1 Å². The summed E-state index contributed by atoms with van der Waals surface area (Å²) in [6.45, 7) is 4.66. The van der Waals surface area contributed by atoms with E-state index in [-0.39, 0.29) is 12.6 Å².